The summed E-state index contributed by atoms with van der Waals surface area (Å²) in [6.45, 7) is 4.25. The highest BCUT2D eigenvalue weighted by atomic mass is 16.3. The summed E-state index contributed by atoms with van der Waals surface area (Å²) >= 11 is 0. The van der Waals surface area contributed by atoms with Crippen molar-refractivity contribution in [2.75, 3.05) is 6.61 Å². The van der Waals surface area contributed by atoms with E-state index in [-0.39, 0.29) is 18.9 Å². The van der Waals surface area contributed by atoms with Crippen molar-refractivity contribution in [1.29, 1.82) is 0 Å². The fraction of sp³-hybridized carbons (Fsp3) is 0.912. The summed E-state index contributed by atoms with van der Waals surface area (Å²) in [5.41, 5.74) is 0. The molecule has 5 nitrogen and oxygen atoms in total. The molecule has 0 rings (SSSR count). The van der Waals surface area contributed by atoms with Crippen LogP contribution in [0.4, 0.5) is 0 Å². The molecule has 1 amide bonds. The van der Waals surface area contributed by atoms with Gasteiger partial charge in [-0.3, -0.25) is 4.79 Å². The van der Waals surface area contributed by atoms with E-state index in [4.69, 9.17) is 0 Å². The quantitative estimate of drug-likeness (QED) is 0.0362. The normalized spacial score (nSPS) is 13.4. The summed E-state index contributed by atoms with van der Waals surface area (Å²) in [6.07, 6.45) is 66.5. The standard InChI is InChI=1S/C57H111NO4/c1-3-5-7-9-11-13-15-17-19-21-23-25-27-29-30-32-34-36-38-40-42-44-46-48-50-54(60)52-57(62)58-55(53-59)56(61)51-49-47-45-43-41-39-37-35-33-31-28-26-24-22-20-18-16-14-12-10-8-6-4-2/h29-30,49,51,54-56,59-61H,3-28,31-48,50,52-53H2,1-2H3,(H,58,62)/b30-29-,51-49+. The van der Waals surface area contributed by atoms with Crippen LogP contribution < -0.4 is 5.32 Å². The third-order valence-corrected chi connectivity index (χ3v) is 13.2. The van der Waals surface area contributed by atoms with Crippen molar-refractivity contribution < 1.29 is 20.1 Å². The van der Waals surface area contributed by atoms with Crippen molar-refractivity contribution in [2.45, 2.75) is 327 Å². The summed E-state index contributed by atoms with van der Waals surface area (Å²) in [5, 5.41) is 33.5. The number of aliphatic hydroxyl groups excluding tert-OH is 3. The summed E-state index contributed by atoms with van der Waals surface area (Å²) in [5.74, 6) is -0.312. The molecule has 0 aromatic rings. The van der Waals surface area contributed by atoms with Gasteiger partial charge in [0.25, 0.3) is 0 Å². The third kappa shape index (κ3) is 48.3. The maximum Gasteiger partial charge on any atom is 0.222 e. The van der Waals surface area contributed by atoms with Crippen molar-refractivity contribution >= 4 is 5.91 Å². The number of carbonyl (C=O) groups is 1. The third-order valence-electron chi connectivity index (χ3n) is 13.2. The lowest BCUT2D eigenvalue weighted by molar-refractivity contribution is -0.124. The van der Waals surface area contributed by atoms with Crippen LogP contribution in [-0.4, -0.2) is 46.1 Å². The van der Waals surface area contributed by atoms with Crippen LogP contribution in [0.2, 0.25) is 0 Å². The van der Waals surface area contributed by atoms with Crippen molar-refractivity contribution in [3.8, 4) is 0 Å². The highest BCUT2D eigenvalue weighted by Gasteiger charge is 2.20. The van der Waals surface area contributed by atoms with E-state index in [1.54, 1.807) is 6.08 Å². The van der Waals surface area contributed by atoms with E-state index in [0.29, 0.717) is 6.42 Å². The fourth-order valence-electron chi connectivity index (χ4n) is 8.93. The molecule has 0 fully saturated rings. The van der Waals surface area contributed by atoms with Crippen LogP contribution in [-0.2, 0) is 4.79 Å². The topological polar surface area (TPSA) is 89.8 Å². The lowest BCUT2D eigenvalue weighted by Crippen LogP contribution is -2.45. The van der Waals surface area contributed by atoms with Gasteiger partial charge < -0.3 is 20.6 Å². The van der Waals surface area contributed by atoms with Crippen LogP contribution in [0.1, 0.15) is 309 Å². The monoisotopic (exact) mass is 874 g/mol. The molecule has 0 saturated carbocycles. The van der Waals surface area contributed by atoms with E-state index in [1.807, 2.05) is 6.08 Å². The van der Waals surface area contributed by atoms with E-state index in [1.165, 1.54) is 257 Å². The molecule has 0 aromatic heterocycles. The Labute approximate surface area is 388 Å². The Morgan fingerprint density at radius 2 is 0.677 bits per heavy atom. The van der Waals surface area contributed by atoms with Gasteiger partial charge in [-0.2, -0.15) is 0 Å². The molecule has 0 aliphatic heterocycles. The molecular weight excluding hydrogens is 763 g/mol. The number of nitrogens with one attached hydrogen (secondary N) is 1. The largest absolute Gasteiger partial charge is 0.394 e. The van der Waals surface area contributed by atoms with E-state index in [2.05, 4.69) is 31.3 Å². The Balaban J connectivity index is 3.57. The number of rotatable bonds is 52. The van der Waals surface area contributed by atoms with Crippen molar-refractivity contribution in [3.63, 3.8) is 0 Å². The molecule has 62 heavy (non-hydrogen) atoms. The number of carbonyl (C=O) groups excluding carboxylic acids is 1. The van der Waals surface area contributed by atoms with E-state index in [9.17, 15) is 20.1 Å². The Morgan fingerprint density at radius 3 is 0.984 bits per heavy atom. The number of allylic oxidation sites excluding steroid dienone is 3. The first kappa shape index (κ1) is 60.8. The number of hydrogen-bond donors (Lipinski definition) is 4. The smallest absolute Gasteiger partial charge is 0.222 e. The van der Waals surface area contributed by atoms with Gasteiger partial charge in [-0.15, -0.1) is 0 Å². The summed E-state index contributed by atoms with van der Waals surface area (Å²) in [4.78, 5) is 12.5. The molecule has 0 aliphatic carbocycles. The van der Waals surface area contributed by atoms with E-state index >= 15 is 0 Å². The summed E-state index contributed by atoms with van der Waals surface area (Å²) in [7, 11) is 0. The van der Waals surface area contributed by atoms with Crippen molar-refractivity contribution in [1.82, 2.24) is 5.32 Å². The Kier molecular flexibility index (Phi) is 51.5. The van der Waals surface area contributed by atoms with E-state index in [0.717, 1.165) is 25.7 Å². The second-order valence-corrected chi connectivity index (χ2v) is 19.5. The Hall–Kier alpha value is -1.17. The van der Waals surface area contributed by atoms with Crippen molar-refractivity contribution in [2.24, 2.45) is 0 Å². The number of amides is 1. The lowest BCUT2D eigenvalue weighted by Gasteiger charge is -2.21. The molecule has 0 aliphatic rings. The van der Waals surface area contributed by atoms with Crippen LogP contribution in [0, 0.1) is 0 Å². The van der Waals surface area contributed by atoms with Gasteiger partial charge in [-0.1, -0.05) is 282 Å². The van der Waals surface area contributed by atoms with Gasteiger partial charge in [-0.05, 0) is 44.9 Å². The van der Waals surface area contributed by atoms with Gasteiger partial charge in [0.2, 0.25) is 5.91 Å². The molecule has 4 N–H and O–H groups in total. The zero-order valence-electron chi connectivity index (χ0n) is 42.0. The average molecular weight is 875 g/mol. The molecule has 3 atom stereocenters. The lowest BCUT2D eigenvalue weighted by atomic mass is 10.0. The molecule has 0 radical (unpaired) electrons. The molecular formula is C57H111NO4. The van der Waals surface area contributed by atoms with Gasteiger partial charge in [0.1, 0.15) is 0 Å². The zero-order valence-corrected chi connectivity index (χ0v) is 42.0. The molecule has 3 unspecified atom stereocenters. The van der Waals surface area contributed by atoms with Gasteiger partial charge in [0.15, 0.2) is 0 Å². The van der Waals surface area contributed by atoms with Crippen LogP contribution in [0.5, 0.6) is 0 Å². The molecule has 0 aromatic carbocycles. The molecule has 0 bridgehead atoms. The SMILES string of the molecule is CCCCCCCCCCCCCC/C=C\CCCCCCCCCCC(O)CC(=O)NC(CO)C(O)/C=C/CCCCCCCCCCCCCCCCCCCCCCC. The highest BCUT2D eigenvalue weighted by Crippen LogP contribution is 2.17. The minimum atomic E-state index is -0.929. The zero-order chi connectivity index (χ0) is 45.1. The highest BCUT2D eigenvalue weighted by molar-refractivity contribution is 5.76. The fourth-order valence-corrected chi connectivity index (χ4v) is 8.93. The molecule has 0 spiro atoms. The molecule has 0 saturated heterocycles. The maximum absolute atomic E-state index is 12.5. The molecule has 0 heterocycles. The van der Waals surface area contributed by atoms with Gasteiger partial charge in [0.05, 0.1) is 31.3 Å². The Morgan fingerprint density at radius 1 is 0.403 bits per heavy atom. The van der Waals surface area contributed by atoms with Crippen LogP contribution in [0.25, 0.3) is 0 Å². The van der Waals surface area contributed by atoms with Crippen LogP contribution in [0.3, 0.4) is 0 Å². The maximum atomic E-state index is 12.5. The van der Waals surface area contributed by atoms with Gasteiger partial charge in [-0.25, -0.2) is 0 Å². The predicted molar refractivity (Wildman–Crippen MR) is 273 cm³/mol. The van der Waals surface area contributed by atoms with Crippen molar-refractivity contribution in [3.05, 3.63) is 24.3 Å². The van der Waals surface area contributed by atoms with Crippen LogP contribution in [0.15, 0.2) is 24.3 Å². The minimum absolute atomic E-state index is 0.0141. The van der Waals surface area contributed by atoms with Crippen LogP contribution >= 0.6 is 0 Å². The number of aliphatic hydroxyl groups is 3. The molecule has 368 valence electrons. The second-order valence-electron chi connectivity index (χ2n) is 19.5. The van der Waals surface area contributed by atoms with Gasteiger partial charge in [0, 0.05) is 0 Å². The average Bonchev–Trinajstić information content (AvgIpc) is 3.27. The summed E-state index contributed by atoms with van der Waals surface area (Å²) < 4.78 is 0. The first-order valence-electron chi connectivity index (χ1n) is 28.1. The molecule has 5 heteroatoms. The van der Waals surface area contributed by atoms with E-state index < -0.39 is 18.2 Å². The Bertz CT molecular complexity index is 920. The first-order chi connectivity index (χ1) is 30.5. The second kappa shape index (κ2) is 52.5. The number of hydrogen-bond acceptors (Lipinski definition) is 4. The summed E-state index contributed by atoms with van der Waals surface area (Å²) in [6, 6.07) is -0.745. The number of unbranched alkanes of at least 4 members (excludes halogenated alkanes) is 41. The predicted octanol–water partition coefficient (Wildman–Crippen LogP) is 17.3. The first-order valence-corrected chi connectivity index (χ1v) is 28.1. The van der Waals surface area contributed by atoms with Gasteiger partial charge >= 0.3 is 0 Å². The minimum Gasteiger partial charge on any atom is -0.394 e.